The van der Waals surface area contributed by atoms with Gasteiger partial charge < -0.3 is 30.2 Å². The average Bonchev–Trinajstić information content (AvgIpc) is 3.34. The second kappa shape index (κ2) is 14.2. The third-order valence-electron chi connectivity index (χ3n) is 9.91. The Morgan fingerprint density at radius 1 is 0.841 bits per heavy atom. The molecule has 5 amide bonds. The highest BCUT2D eigenvalue weighted by Crippen LogP contribution is 2.28. The minimum atomic E-state index is -0.669. The molecule has 10 heteroatoms. The highest BCUT2D eigenvalue weighted by molar-refractivity contribution is 6.30. The number of nitrogens with one attached hydrogen (secondary N) is 2. The summed E-state index contributed by atoms with van der Waals surface area (Å²) in [6.45, 7) is 5.39. The Balaban J connectivity index is 1.06. The van der Waals surface area contributed by atoms with Gasteiger partial charge in [-0.25, -0.2) is 9.59 Å². The van der Waals surface area contributed by atoms with E-state index in [0.29, 0.717) is 63.1 Å². The van der Waals surface area contributed by atoms with Gasteiger partial charge in [0, 0.05) is 61.9 Å². The second-order valence-corrected chi connectivity index (χ2v) is 13.2. The fourth-order valence-electron chi connectivity index (χ4n) is 7.37. The van der Waals surface area contributed by atoms with Gasteiger partial charge in [-0.3, -0.25) is 4.79 Å². The zero-order chi connectivity index (χ0) is 30.5. The molecule has 0 aromatic heterocycles. The van der Waals surface area contributed by atoms with Gasteiger partial charge in [-0.15, -0.1) is 0 Å². The zero-order valence-corrected chi connectivity index (χ0v) is 26.3. The van der Waals surface area contributed by atoms with Crippen LogP contribution < -0.4 is 10.6 Å². The van der Waals surface area contributed by atoms with Crippen LogP contribution in [0.25, 0.3) is 0 Å². The smallest absolute Gasteiger partial charge is 0.322 e. The van der Waals surface area contributed by atoms with E-state index in [1.807, 2.05) is 58.3 Å². The van der Waals surface area contributed by atoms with Gasteiger partial charge in [-0.05, 0) is 80.9 Å². The Morgan fingerprint density at radius 2 is 1.52 bits per heavy atom. The quantitative estimate of drug-likeness (QED) is 0.456. The van der Waals surface area contributed by atoms with Crippen molar-refractivity contribution >= 4 is 35.3 Å². The van der Waals surface area contributed by atoms with E-state index in [9.17, 15) is 14.4 Å². The first-order valence-electron chi connectivity index (χ1n) is 16.4. The molecule has 2 aromatic carbocycles. The van der Waals surface area contributed by atoms with Crippen molar-refractivity contribution in [3.8, 4) is 0 Å². The molecule has 0 bridgehead atoms. The number of nitrogens with zero attached hydrogens (tertiary/aromatic N) is 4. The molecule has 1 atom stereocenters. The van der Waals surface area contributed by atoms with Gasteiger partial charge in [0.1, 0.15) is 6.04 Å². The van der Waals surface area contributed by atoms with Crippen molar-refractivity contribution in [2.75, 3.05) is 44.6 Å². The monoisotopic (exact) mass is 620 g/mol. The first-order valence-corrected chi connectivity index (χ1v) is 16.8. The summed E-state index contributed by atoms with van der Waals surface area (Å²) in [5, 5.41) is 6.72. The molecule has 4 heterocycles. The van der Waals surface area contributed by atoms with E-state index >= 15 is 0 Å². The molecule has 44 heavy (non-hydrogen) atoms. The Kier molecular flexibility index (Phi) is 9.92. The summed E-state index contributed by atoms with van der Waals surface area (Å²) in [6.07, 6.45) is 8.90. The molecule has 0 saturated carbocycles. The summed E-state index contributed by atoms with van der Waals surface area (Å²) in [7, 11) is 0. The summed E-state index contributed by atoms with van der Waals surface area (Å²) in [5.74, 6) is -0.0221. The van der Waals surface area contributed by atoms with Crippen LogP contribution in [0, 0.1) is 0 Å². The molecule has 0 radical (unpaired) electrons. The van der Waals surface area contributed by atoms with Gasteiger partial charge in [-0.2, -0.15) is 0 Å². The van der Waals surface area contributed by atoms with Gasteiger partial charge in [-0.1, -0.05) is 54.8 Å². The molecule has 0 spiro atoms. The Labute approximate surface area is 265 Å². The van der Waals surface area contributed by atoms with Gasteiger partial charge >= 0.3 is 12.1 Å². The molecular formula is C34H45ClN6O3. The van der Waals surface area contributed by atoms with E-state index in [2.05, 4.69) is 15.5 Å². The molecule has 3 saturated heterocycles. The molecule has 1 unspecified atom stereocenters. The topological polar surface area (TPSA) is 88.2 Å². The number of urea groups is 2. The van der Waals surface area contributed by atoms with Crippen molar-refractivity contribution in [1.29, 1.82) is 0 Å². The van der Waals surface area contributed by atoms with Crippen LogP contribution >= 0.6 is 11.6 Å². The van der Waals surface area contributed by atoms with E-state index < -0.39 is 6.04 Å². The summed E-state index contributed by atoms with van der Waals surface area (Å²) in [4.78, 5) is 48.6. The van der Waals surface area contributed by atoms with Crippen LogP contribution in [-0.4, -0.2) is 95.0 Å². The van der Waals surface area contributed by atoms with Gasteiger partial charge in [0.05, 0.1) is 0 Å². The summed E-state index contributed by atoms with van der Waals surface area (Å²) in [5.41, 5.74) is 2.89. The SMILES string of the molecule is O=C(NC(Cc1cccc(Cl)c1)C(=O)N1CCC(N2CCCCCC2)CC1)N1CCC(N2Cc3ccccc3NC2=O)CC1. The van der Waals surface area contributed by atoms with E-state index in [1.54, 1.807) is 4.90 Å². The number of rotatable bonds is 6. The second-order valence-electron chi connectivity index (χ2n) is 12.8. The van der Waals surface area contributed by atoms with Crippen LogP contribution in [0.4, 0.5) is 15.3 Å². The Hall–Kier alpha value is -3.30. The van der Waals surface area contributed by atoms with Crippen molar-refractivity contribution in [1.82, 2.24) is 24.9 Å². The fraction of sp³-hybridized carbons (Fsp3) is 0.559. The normalized spacial score (nSPS) is 21.3. The average molecular weight is 621 g/mol. The van der Waals surface area contributed by atoms with E-state index in [0.717, 1.165) is 29.7 Å². The first-order chi connectivity index (χ1) is 21.4. The number of amides is 5. The van der Waals surface area contributed by atoms with Crippen molar-refractivity contribution in [3.05, 3.63) is 64.7 Å². The summed E-state index contributed by atoms with van der Waals surface area (Å²) in [6, 6.07) is 15.0. The number of likely N-dealkylation sites (tertiary alicyclic amines) is 3. The molecule has 236 valence electrons. The number of hydrogen-bond donors (Lipinski definition) is 2. The van der Waals surface area contributed by atoms with Crippen molar-refractivity contribution in [2.24, 2.45) is 0 Å². The Bertz CT molecular complexity index is 1320. The molecular weight excluding hydrogens is 576 g/mol. The lowest BCUT2D eigenvalue weighted by Gasteiger charge is -2.41. The number of hydrogen-bond acceptors (Lipinski definition) is 4. The predicted molar refractivity (Wildman–Crippen MR) is 173 cm³/mol. The summed E-state index contributed by atoms with van der Waals surface area (Å²) >= 11 is 6.27. The number of carbonyl (C=O) groups is 3. The minimum Gasteiger partial charge on any atom is -0.341 e. The fourth-order valence-corrected chi connectivity index (χ4v) is 7.58. The molecule has 3 fully saturated rings. The maximum Gasteiger partial charge on any atom is 0.322 e. The van der Waals surface area contributed by atoms with Crippen LogP contribution in [0.3, 0.4) is 0 Å². The minimum absolute atomic E-state index is 0.0221. The van der Waals surface area contributed by atoms with E-state index in [-0.39, 0.29) is 24.0 Å². The van der Waals surface area contributed by atoms with Crippen LogP contribution in [0.5, 0.6) is 0 Å². The standard InChI is InChI=1S/C34H45ClN6O3/c35-27-10-7-8-25(22-27)23-31(32(42)39-18-12-28(13-19-39)38-16-5-1-2-6-17-38)37-33(43)40-20-14-29(15-21-40)41-24-26-9-3-4-11-30(26)36-34(41)44/h3-4,7-11,22,28-29,31H,1-2,5-6,12-21,23-24H2,(H,36,44)(H,37,43). The van der Waals surface area contributed by atoms with Crippen LogP contribution in [0.1, 0.15) is 62.5 Å². The highest BCUT2D eigenvalue weighted by atomic mass is 35.5. The molecule has 4 aliphatic rings. The molecule has 2 aromatic rings. The van der Waals surface area contributed by atoms with Gasteiger partial charge in [0.2, 0.25) is 5.91 Å². The zero-order valence-electron chi connectivity index (χ0n) is 25.6. The number of carbonyl (C=O) groups excluding carboxylic acids is 3. The van der Waals surface area contributed by atoms with Crippen LogP contribution in [0.15, 0.2) is 48.5 Å². The van der Waals surface area contributed by atoms with E-state index in [1.165, 1.54) is 38.8 Å². The van der Waals surface area contributed by atoms with Crippen LogP contribution in [0.2, 0.25) is 5.02 Å². The Morgan fingerprint density at radius 3 is 2.25 bits per heavy atom. The molecule has 0 aliphatic carbocycles. The number of anilines is 1. The lowest BCUT2D eigenvalue weighted by Crippen LogP contribution is -2.57. The number of halogens is 1. The maximum atomic E-state index is 13.9. The van der Waals surface area contributed by atoms with Gasteiger partial charge in [0.25, 0.3) is 0 Å². The number of piperidine rings is 2. The largest absolute Gasteiger partial charge is 0.341 e. The van der Waals surface area contributed by atoms with Crippen molar-refractivity contribution in [2.45, 2.75) is 82.5 Å². The maximum absolute atomic E-state index is 13.9. The number of benzene rings is 2. The van der Waals surface area contributed by atoms with Crippen molar-refractivity contribution in [3.63, 3.8) is 0 Å². The lowest BCUT2D eigenvalue weighted by molar-refractivity contribution is -0.134. The van der Waals surface area contributed by atoms with E-state index in [4.69, 9.17) is 11.6 Å². The molecule has 2 N–H and O–H groups in total. The first kappa shape index (κ1) is 30.7. The lowest BCUT2D eigenvalue weighted by atomic mass is 9.99. The third kappa shape index (κ3) is 7.32. The number of para-hydroxylation sites is 1. The predicted octanol–water partition coefficient (Wildman–Crippen LogP) is 5.34. The molecule has 6 rings (SSSR count). The highest BCUT2D eigenvalue weighted by Gasteiger charge is 2.35. The van der Waals surface area contributed by atoms with Gasteiger partial charge in [0.15, 0.2) is 0 Å². The number of fused-ring (bicyclic) bond motifs is 1. The molecule has 9 nitrogen and oxygen atoms in total. The molecule has 4 aliphatic heterocycles. The van der Waals surface area contributed by atoms with Crippen molar-refractivity contribution < 1.29 is 14.4 Å². The van der Waals surface area contributed by atoms with Crippen LogP contribution in [-0.2, 0) is 17.8 Å². The third-order valence-corrected chi connectivity index (χ3v) is 10.1. The summed E-state index contributed by atoms with van der Waals surface area (Å²) < 4.78 is 0.